The Morgan fingerprint density at radius 1 is 1.09 bits per heavy atom. The van der Waals surface area contributed by atoms with Crippen LogP contribution in [0, 0.1) is 0 Å². The zero-order valence-corrected chi connectivity index (χ0v) is 25.0. The number of phosphoric ester groups is 2. The number of phosphoric acid groups is 2. The Bertz CT molecular complexity index is 1850. The lowest BCUT2D eigenvalue weighted by Gasteiger charge is -2.36. The van der Waals surface area contributed by atoms with Gasteiger partial charge in [0.25, 0.3) is 0 Å². The number of anilines is 2. The molecule has 9 N–H and O–H groups in total. The number of imidazole rings is 2. The lowest BCUT2D eigenvalue weighted by atomic mass is 9.93. The molecular weight excluding hydrogens is 646 g/mol. The molecule has 0 spiro atoms. The number of rotatable bonds is 2. The van der Waals surface area contributed by atoms with Gasteiger partial charge in [-0.3, -0.25) is 22.7 Å². The molecule has 0 saturated carbocycles. The van der Waals surface area contributed by atoms with Gasteiger partial charge >= 0.3 is 21.3 Å². The Balaban J connectivity index is 1.18. The van der Waals surface area contributed by atoms with Crippen LogP contribution < -0.4 is 22.5 Å². The molecule has 7 rings (SSSR count). The number of nitrogens with two attached hydrogens (primary N) is 2. The van der Waals surface area contributed by atoms with Crippen LogP contribution in [0.1, 0.15) is 37.5 Å². The highest BCUT2D eigenvalue weighted by atomic mass is 31.2. The Hall–Kier alpha value is -3.27. The van der Waals surface area contributed by atoms with Crippen LogP contribution in [-0.4, -0.2) is 93.7 Å². The summed E-state index contributed by atoms with van der Waals surface area (Å²) in [5, 5.41) is 12.9. The molecule has 24 heteroatoms. The first-order chi connectivity index (χ1) is 21.2. The number of guanidine groups is 1. The van der Waals surface area contributed by atoms with Crippen molar-refractivity contribution in [2.75, 3.05) is 30.9 Å². The van der Waals surface area contributed by atoms with Gasteiger partial charge in [-0.15, -0.1) is 0 Å². The number of nitrogens with zero attached hydrogens (tertiary/aromatic N) is 6. The second-order valence-electron chi connectivity index (χ2n) is 10.8. The zero-order valence-electron chi connectivity index (χ0n) is 23.2. The average molecular weight is 674 g/mol. The predicted octanol–water partition coefficient (Wildman–Crippen LogP) is -1.03. The van der Waals surface area contributed by atoms with Crippen molar-refractivity contribution in [3.8, 4) is 0 Å². The van der Waals surface area contributed by atoms with Gasteiger partial charge in [-0.25, -0.2) is 33.9 Å². The molecule has 22 nitrogen and oxygen atoms in total. The number of aliphatic hydroxyl groups is 1. The summed E-state index contributed by atoms with van der Waals surface area (Å²) >= 11 is 0. The van der Waals surface area contributed by atoms with Gasteiger partial charge in [0.05, 0.1) is 32.2 Å². The SMILES string of the molecule is C[C@@]12OP(=O)(O)OC[C@H]3OC(n4c5c([nH]c4=O)C(O)N=C(N)N5)C[C@@H]3OP(=O)(O)OC[C@H]1OCC2n1cnc2c(N)ncnc21. The maximum Gasteiger partial charge on any atom is 0.472 e. The fraction of sp³-hybridized carbons (Fsp3) is 0.571. The van der Waals surface area contributed by atoms with Crippen LogP contribution >= 0.6 is 15.6 Å². The van der Waals surface area contributed by atoms with E-state index in [0.29, 0.717) is 0 Å². The van der Waals surface area contributed by atoms with Crippen LogP contribution in [0.5, 0.6) is 0 Å². The summed E-state index contributed by atoms with van der Waals surface area (Å²) < 4.78 is 62.7. The fourth-order valence-corrected chi connectivity index (χ4v) is 7.94. The Labute approximate surface area is 251 Å². The van der Waals surface area contributed by atoms with Gasteiger partial charge in [-0.05, 0) is 6.92 Å². The summed E-state index contributed by atoms with van der Waals surface area (Å²) in [6.45, 7) is 0.0383. The summed E-state index contributed by atoms with van der Waals surface area (Å²) in [6.07, 6.45) is -4.03. The number of ether oxygens (including phenoxy) is 2. The van der Waals surface area contributed by atoms with Gasteiger partial charge < -0.3 is 50.7 Å². The van der Waals surface area contributed by atoms with Gasteiger partial charge in [0.15, 0.2) is 23.7 Å². The molecule has 7 heterocycles. The van der Waals surface area contributed by atoms with Gasteiger partial charge in [-0.2, -0.15) is 0 Å². The fourth-order valence-electron chi connectivity index (χ4n) is 5.87. The normalized spacial score (nSPS) is 38.8. The van der Waals surface area contributed by atoms with Gasteiger partial charge in [-0.1, -0.05) is 0 Å². The van der Waals surface area contributed by atoms with E-state index in [4.69, 9.17) is 39.0 Å². The summed E-state index contributed by atoms with van der Waals surface area (Å²) in [4.78, 5) is 52.9. The van der Waals surface area contributed by atoms with E-state index in [2.05, 4.69) is 30.2 Å². The third-order valence-corrected chi connectivity index (χ3v) is 10.2. The number of nitrogen functional groups attached to an aromatic ring is 1. The van der Waals surface area contributed by atoms with Crippen molar-refractivity contribution in [3.63, 3.8) is 0 Å². The van der Waals surface area contributed by atoms with Crippen LogP contribution in [-0.2, 0) is 36.7 Å². The number of nitrogens with one attached hydrogen (secondary N) is 2. The predicted molar refractivity (Wildman–Crippen MR) is 148 cm³/mol. The van der Waals surface area contributed by atoms with Crippen LogP contribution in [0.3, 0.4) is 0 Å². The first-order valence-corrected chi connectivity index (χ1v) is 16.4. The number of aromatic amines is 1. The van der Waals surface area contributed by atoms with Crippen molar-refractivity contribution in [1.82, 2.24) is 29.1 Å². The molecule has 4 aliphatic rings. The molecular formula is C21H28N10O12P2. The molecule has 4 aliphatic heterocycles. The monoisotopic (exact) mass is 674 g/mol. The molecule has 3 fully saturated rings. The molecule has 244 valence electrons. The highest BCUT2D eigenvalue weighted by Crippen LogP contribution is 2.56. The number of aliphatic hydroxyl groups excluding tert-OH is 1. The second kappa shape index (κ2) is 10.6. The van der Waals surface area contributed by atoms with Crippen molar-refractivity contribution in [3.05, 3.63) is 28.8 Å². The highest BCUT2D eigenvalue weighted by molar-refractivity contribution is 7.47. The number of H-pyrrole nitrogens is 1. The molecule has 3 aromatic rings. The standard InChI is InChI=1S/C21H28N10O12P2/c1-21-10(30-7-26-13-15(22)24-6-25-16(13)30)4-38-11(21)5-40-44(34,35)42-8-2-12(41-9(8)3-39-45(36,37)43-21)31-17-14(27-20(31)33)18(32)29-19(23)28-17/h6-12,18,32H,2-5H2,1H3,(H,27,33)(H,34,35)(H,36,37)(H2,22,24,25)(H3,23,28,29)/t8-,9+,10?,11+,12?,18?,21-/m0/s1. The zero-order chi connectivity index (χ0) is 31.9. The first-order valence-electron chi connectivity index (χ1n) is 13.4. The number of aromatic nitrogens is 6. The summed E-state index contributed by atoms with van der Waals surface area (Å²) in [5.74, 6) is -0.0457. The number of fused-ring (bicyclic) bond motifs is 4. The maximum atomic E-state index is 13.4. The maximum absolute atomic E-state index is 13.4. The quantitative estimate of drug-likeness (QED) is 0.160. The number of hydrogen-bond acceptors (Lipinski definition) is 17. The van der Waals surface area contributed by atoms with E-state index in [9.17, 15) is 28.8 Å². The third kappa shape index (κ3) is 5.26. The van der Waals surface area contributed by atoms with Crippen molar-refractivity contribution < 1.29 is 51.6 Å². The minimum Gasteiger partial charge on any atom is -0.382 e. The molecule has 3 saturated heterocycles. The van der Waals surface area contributed by atoms with E-state index < -0.39 is 77.0 Å². The Morgan fingerprint density at radius 3 is 2.67 bits per heavy atom. The molecule has 0 radical (unpaired) electrons. The number of hydrogen-bond donors (Lipinski definition) is 7. The topological polar surface area (TPSA) is 308 Å². The minimum absolute atomic E-state index is 0.000518. The lowest BCUT2D eigenvalue weighted by molar-refractivity contribution is -0.0815. The van der Waals surface area contributed by atoms with E-state index in [1.807, 2.05) is 0 Å². The molecule has 3 aromatic heterocycles. The van der Waals surface area contributed by atoms with Crippen molar-refractivity contribution in [1.29, 1.82) is 0 Å². The molecule has 9 atom stereocenters. The van der Waals surface area contributed by atoms with Crippen LogP contribution in [0.25, 0.3) is 11.2 Å². The number of aliphatic imine (C=N–C) groups is 1. The smallest absolute Gasteiger partial charge is 0.382 e. The van der Waals surface area contributed by atoms with E-state index in [1.54, 1.807) is 0 Å². The summed E-state index contributed by atoms with van der Waals surface area (Å²) in [7, 11) is -9.79. The molecule has 45 heavy (non-hydrogen) atoms. The van der Waals surface area contributed by atoms with Gasteiger partial charge in [0.2, 0.25) is 0 Å². The largest absolute Gasteiger partial charge is 0.472 e. The minimum atomic E-state index is -4.94. The Morgan fingerprint density at radius 2 is 1.87 bits per heavy atom. The molecule has 5 unspecified atom stereocenters. The van der Waals surface area contributed by atoms with Crippen molar-refractivity contribution in [2.45, 2.75) is 55.8 Å². The molecule has 0 aromatic carbocycles. The van der Waals surface area contributed by atoms with Crippen molar-refractivity contribution >= 4 is 44.4 Å². The van der Waals surface area contributed by atoms with Crippen LogP contribution in [0.4, 0.5) is 11.6 Å². The van der Waals surface area contributed by atoms with E-state index in [0.717, 1.165) is 4.57 Å². The average Bonchev–Trinajstić information content (AvgIpc) is 3.69. The van der Waals surface area contributed by atoms with E-state index >= 15 is 0 Å². The molecule has 0 aliphatic carbocycles. The van der Waals surface area contributed by atoms with E-state index in [1.165, 1.54) is 24.1 Å². The summed E-state index contributed by atoms with van der Waals surface area (Å²) in [5.41, 5.74) is 9.72. The lowest BCUT2D eigenvalue weighted by Crippen LogP contribution is -2.46. The van der Waals surface area contributed by atoms with Gasteiger partial charge in [0, 0.05) is 6.42 Å². The van der Waals surface area contributed by atoms with Crippen LogP contribution in [0.15, 0.2) is 22.4 Å². The molecule has 0 bridgehead atoms. The van der Waals surface area contributed by atoms with Crippen molar-refractivity contribution in [2.24, 2.45) is 10.7 Å². The first kappa shape index (κ1) is 30.4. The highest BCUT2D eigenvalue weighted by Gasteiger charge is 2.56. The second-order valence-corrected chi connectivity index (χ2v) is 13.6. The van der Waals surface area contributed by atoms with E-state index in [-0.39, 0.29) is 47.5 Å². The summed E-state index contributed by atoms with van der Waals surface area (Å²) in [6, 6.07) is -0.873. The Kier molecular flexibility index (Phi) is 7.19. The molecule has 0 amide bonds. The van der Waals surface area contributed by atoms with Gasteiger partial charge in [0.1, 0.15) is 53.5 Å². The third-order valence-electron chi connectivity index (χ3n) is 8.04. The van der Waals surface area contributed by atoms with Crippen LogP contribution in [0.2, 0.25) is 0 Å².